The number of aryl methyl sites for hydroxylation is 1. The average molecular weight is 1200 g/mol. The van der Waals surface area contributed by atoms with Gasteiger partial charge in [-0.25, -0.2) is 9.78 Å². The molecule has 84 heavy (non-hydrogen) atoms. The molecule has 16 N–H and O–H groups in total. The van der Waals surface area contributed by atoms with E-state index in [9.17, 15) is 48.3 Å². The van der Waals surface area contributed by atoms with Crippen LogP contribution in [0.4, 0.5) is 4.79 Å². The molecule has 5 heterocycles. The number of hydrogen-bond donors (Lipinski definition) is 14. The largest absolute Gasteiger partial charge is 0.394 e. The summed E-state index contributed by atoms with van der Waals surface area (Å²) >= 11 is 1.87. The Labute approximate surface area is 493 Å². The maximum atomic E-state index is 14.1. The summed E-state index contributed by atoms with van der Waals surface area (Å²) in [5, 5.41) is 46.2. The topological polar surface area (TPSA) is 433 Å². The zero-order valence-electron chi connectivity index (χ0n) is 48.3. The van der Waals surface area contributed by atoms with Crippen molar-refractivity contribution in [2.45, 2.75) is 164 Å². The second kappa shape index (κ2) is 37.7. The molecule has 10 amide bonds. The smallest absolute Gasteiger partial charge is 0.315 e. The first kappa shape index (κ1) is 68.3. The number of carbonyl (C=O) groups is 9. The van der Waals surface area contributed by atoms with E-state index in [2.05, 4.69) is 73.4 Å². The van der Waals surface area contributed by atoms with Crippen LogP contribution in [-0.4, -0.2) is 215 Å². The third-order valence-corrected chi connectivity index (χ3v) is 15.7. The summed E-state index contributed by atoms with van der Waals surface area (Å²) in [6, 6.07) is -7.16. The molecule has 3 aliphatic rings. The molecule has 5 rings (SSSR count). The van der Waals surface area contributed by atoms with E-state index in [0.717, 1.165) is 25.0 Å². The van der Waals surface area contributed by atoms with E-state index in [-0.39, 0.29) is 62.8 Å². The summed E-state index contributed by atoms with van der Waals surface area (Å²) in [5.41, 5.74) is 12.9. The maximum Gasteiger partial charge on any atom is 0.315 e. The van der Waals surface area contributed by atoms with Crippen LogP contribution in [0.25, 0.3) is 0 Å². The number of imidazole rings is 1. The van der Waals surface area contributed by atoms with E-state index in [1.54, 1.807) is 24.7 Å². The maximum absolute atomic E-state index is 14.1. The van der Waals surface area contributed by atoms with Crippen molar-refractivity contribution in [3.05, 3.63) is 30.1 Å². The molecule has 0 aromatic carbocycles. The van der Waals surface area contributed by atoms with Crippen LogP contribution >= 0.6 is 11.8 Å². The number of rotatable bonds is 28. The highest BCUT2D eigenvalue weighted by Crippen LogP contribution is 2.33. The van der Waals surface area contributed by atoms with E-state index >= 15 is 0 Å². The van der Waals surface area contributed by atoms with E-state index < -0.39 is 96.7 Å². The zero-order chi connectivity index (χ0) is 60.6. The molecule has 1 unspecified atom stereocenters. The Morgan fingerprint density at radius 3 is 2.17 bits per heavy atom. The van der Waals surface area contributed by atoms with Crippen molar-refractivity contribution in [2.75, 3.05) is 78.2 Å². The number of nitrogens with one attached hydrogen (secondary N) is 11. The summed E-state index contributed by atoms with van der Waals surface area (Å²) in [7, 11) is 0. The van der Waals surface area contributed by atoms with Crippen molar-refractivity contribution < 1.29 is 62.5 Å². The standard InChI is InChI=1S/C53H89N17O13S/c1-33(2)45-52(79)63-39(26-34-27-56-32-60-34)51(78)62-38(11-5-7-15-54)50(77)64-40(30-71)49(76)59-28-44(73)61-37(12-6-8-18-70-29-35(68-69-70)25-36(55)47(74)66-45)48(75)58-17-10-20-82-22-24-83-23-21-81-19-9-16-57-43(72)14-4-3-13-42-46-41(31-84-42)65-53(80)67-46/h27,29,32-33,36-42,45-46,71H,3-26,28,30-31,54-55H2,1-2H3,(H,56,60)(H,57,72)(H,58,75)(H,59,76)(H,61,73)(H,62,78)(H,63,79)(H,64,77)(H,66,74)(H2,65,67,80)/t36-,37-,38-,39-,40-,41+,42+,45?,46+/m0/s1. The Bertz CT molecular complexity index is 2390. The minimum atomic E-state index is -1.56. The van der Waals surface area contributed by atoms with Gasteiger partial charge >= 0.3 is 6.03 Å². The molecule has 9 atom stereocenters. The van der Waals surface area contributed by atoms with Gasteiger partial charge < -0.3 is 88.9 Å². The number of thioether (sulfide) groups is 1. The number of nitrogens with zero attached hydrogens (tertiary/aromatic N) is 4. The van der Waals surface area contributed by atoms with Gasteiger partial charge in [-0.1, -0.05) is 25.5 Å². The first-order chi connectivity index (χ1) is 40.5. The van der Waals surface area contributed by atoms with Crippen LogP contribution in [0.3, 0.4) is 0 Å². The van der Waals surface area contributed by atoms with Gasteiger partial charge in [0, 0.05) is 81.2 Å². The predicted octanol–water partition coefficient (Wildman–Crippen LogP) is -3.60. The Kier molecular flexibility index (Phi) is 30.7. The van der Waals surface area contributed by atoms with Gasteiger partial charge in [0.15, 0.2) is 0 Å². The van der Waals surface area contributed by atoms with Gasteiger partial charge in [-0.2, -0.15) is 11.8 Å². The van der Waals surface area contributed by atoms with Crippen LogP contribution in [0.2, 0.25) is 0 Å². The van der Waals surface area contributed by atoms with Gasteiger partial charge in [0.05, 0.1) is 69.7 Å². The van der Waals surface area contributed by atoms with E-state index in [4.69, 9.17) is 25.7 Å². The van der Waals surface area contributed by atoms with E-state index in [0.29, 0.717) is 114 Å². The number of fused-ring (bicyclic) bond motifs is 3. The van der Waals surface area contributed by atoms with Crippen molar-refractivity contribution in [1.29, 1.82) is 0 Å². The fraction of sp³-hybridized carbons (Fsp3) is 0.736. The van der Waals surface area contributed by atoms with Crippen LogP contribution in [0.1, 0.15) is 102 Å². The lowest BCUT2D eigenvalue weighted by Crippen LogP contribution is -2.60. The third kappa shape index (κ3) is 24.6. The van der Waals surface area contributed by atoms with Gasteiger partial charge in [0.1, 0.15) is 30.2 Å². The normalized spacial score (nSPS) is 24.3. The molecule has 30 nitrogen and oxygen atoms in total. The van der Waals surface area contributed by atoms with Gasteiger partial charge in [-0.3, -0.25) is 43.0 Å². The monoisotopic (exact) mass is 1200 g/mol. The molecule has 2 bridgehead atoms. The molecule has 0 saturated carbocycles. The molecule has 2 aromatic rings. The molecule has 31 heteroatoms. The third-order valence-electron chi connectivity index (χ3n) is 14.2. The summed E-state index contributed by atoms with van der Waals surface area (Å²) < 4.78 is 18.4. The van der Waals surface area contributed by atoms with Crippen LogP contribution in [-0.2, 0) is 72.0 Å². The molecule has 0 spiro atoms. The summed E-state index contributed by atoms with van der Waals surface area (Å²) in [6.45, 7) is 5.49. The number of carbonyl (C=O) groups excluding carboxylic acids is 9. The van der Waals surface area contributed by atoms with Gasteiger partial charge in [0.25, 0.3) is 0 Å². The van der Waals surface area contributed by atoms with Gasteiger partial charge in [0.2, 0.25) is 47.3 Å². The van der Waals surface area contributed by atoms with Crippen LogP contribution in [0, 0.1) is 5.92 Å². The molecule has 2 fully saturated rings. The lowest BCUT2D eigenvalue weighted by Gasteiger charge is -2.27. The summed E-state index contributed by atoms with van der Waals surface area (Å²) in [6.07, 6.45) is 10.7. The van der Waals surface area contributed by atoms with Gasteiger partial charge in [-0.15, -0.1) is 5.10 Å². The first-order valence-electron chi connectivity index (χ1n) is 29.2. The van der Waals surface area contributed by atoms with Crippen LogP contribution in [0.15, 0.2) is 18.7 Å². The molecule has 2 saturated heterocycles. The number of unbranched alkanes of at least 4 members (excludes halogenated alkanes) is 2. The highest BCUT2D eigenvalue weighted by molar-refractivity contribution is 8.00. The number of hydrogen-bond acceptors (Lipinski definition) is 19. The highest BCUT2D eigenvalue weighted by Gasteiger charge is 2.42. The van der Waals surface area contributed by atoms with E-state index in [1.807, 2.05) is 11.8 Å². The molecular formula is C53H89N17O13S. The minimum Gasteiger partial charge on any atom is -0.394 e. The zero-order valence-corrected chi connectivity index (χ0v) is 49.1. The number of urea groups is 1. The van der Waals surface area contributed by atoms with Crippen LogP contribution < -0.4 is 64.6 Å². The highest BCUT2D eigenvalue weighted by atomic mass is 32.2. The number of aliphatic hydroxyl groups is 1. The second-order valence-corrected chi connectivity index (χ2v) is 22.6. The molecule has 470 valence electrons. The van der Waals surface area contributed by atoms with E-state index in [1.165, 1.54) is 12.5 Å². The molecule has 0 radical (unpaired) electrons. The Morgan fingerprint density at radius 1 is 0.774 bits per heavy atom. The quantitative estimate of drug-likeness (QED) is 0.0289. The second-order valence-electron chi connectivity index (χ2n) is 21.3. The summed E-state index contributed by atoms with van der Waals surface area (Å²) in [5.74, 6) is -4.64. The summed E-state index contributed by atoms with van der Waals surface area (Å²) in [4.78, 5) is 126. The van der Waals surface area contributed by atoms with Crippen molar-refractivity contribution in [3.8, 4) is 0 Å². The molecule has 2 aromatic heterocycles. The van der Waals surface area contributed by atoms with Crippen molar-refractivity contribution in [1.82, 2.24) is 78.1 Å². The average Bonchev–Trinajstić information content (AvgIpc) is 3.94. The van der Waals surface area contributed by atoms with Gasteiger partial charge in [-0.05, 0) is 76.7 Å². The predicted molar refractivity (Wildman–Crippen MR) is 307 cm³/mol. The number of nitrogens with two attached hydrogens (primary N) is 2. The fourth-order valence-electron chi connectivity index (χ4n) is 9.48. The molecule has 3 aliphatic heterocycles. The SMILES string of the molecule is CC(C)C1NC(=O)[C@@H](N)Cc2cn(nn2)CCCC[C@@H](C(=O)NCCCOCCOCCOCCCNC(=O)CCCC[C@H]2SC[C@H]3NC(=O)N[C@H]32)NC(=O)CNC(=O)[C@H](CO)NC(=O)[C@H](CCCCN)NC(=O)[C@H](Cc2cnc[nH]2)NC1=O. The first-order valence-corrected chi connectivity index (χ1v) is 30.3. The Balaban J connectivity index is 1.06. The molecular weight excluding hydrogens is 1110 g/mol. The number of aromatic nitrogens is 5. The minimum absolute atomic E-state index is 0.0194. The van der Waals surface area contributed by atoms with Crippen molar-refractivity contribution >= 4 is 65.1 Å². The molecule has 0 aliphatic carbocycles. The Hall–Kier alpha value is -6.51. The lowest BCUT2D eigenvalue weighted by atomic mass is 10.0. The number of aliphatic hydroxyl groups excluding tert-OH is 1. The lowest BCUT2D eigenvalue weighted by molar-refractivity contribution is -0.135. The van der Waals surface area contributed by atoms with Crippen molar-refractivity contribution in [2.24, 2.45) is 17.4 Å². The number of ether oxygens (including phenoxy) is 3. The fourth-order valence-corrected chi connectivity index (χ4v) is 11.0. The number of H-pyrrole nitrogens is 1. The number of aromatic amines is 1. The van der Waals surface area contributed by atoms with Crippen LogP contribution in [0.5, 0.6) is 0 Å². The Morgan fingerprint density at radius 2 is 1.46 bits per heavy atom. The van der Waals surface area contributed by atoms with Crippen molar-refractivity contribution in [3.63, 3.8) is 0 Å². The number of amides is 10.